The lowest BCUT2D eigenvalue weighted by Crippen LogP contribution is -2.22. The van der Waals surface area contributed by atoms with Crippen LogP contribution in [0.1, 0.15) is 0 Å². The summed E-state index contributed by atoms with van der Waals surface area (Å²) in [6.07, 6.45) is 3.35. The highest BCUT2D eigenvalue weighted by Gasteiger charge is 2.06. The van der Waals surface area contributed by atoms with Gasteiger partial charge in [-0.1, -0.05) is 37.4 Å². The van der Waals surface area contributed by atoms with E-state index in [1.54, 1.807) is 36.4 Å². The fourth-order valence-corrected chi connectivity index (χ4v) is 2.06. The first kappa shape index (κ1) is 18.1. The molecule has 130 valence electrons. The Labute approximate surface area is 148 Å². The van der Waals surface area contributed by atoms with Crippen LogP contribution in [0.15, 0.2) is 73.8 Å². The molecule has 0 aliphatic rings. The second-order valence-electron chi connectivity index (χ2n) is 5.12. The molecule has 2 aromatic carbocycles. The van der Waals surface area contributed by atoms with Gasteiger partial charge in [0.05, 0.1) is 12.2 Å². The van der Waals surface area contributed by atoms with Crippen LogP contribution in [0.2, 0.25) is 0 Å². The van der Waals surface area contributed by atoms with Gasteiger partial charge < -0.3 is 20.1 Å². The zero-order chi connectivity index (χ0) is 17.9. The molecule has 5 nitrogen and oxygen atoms in total. The molecule has 2 aromatic rings. The van der Waals surface area contributed by atoms with E-state index in [9.17, 15) is 4.79 Å². The third-order valence-corrected chi connectivity index (χ3v) is 3.19. The quantitative estimate of drug-likeness (QED) is 0.646. The van der Waals surface area contributed by atoms with Crippen molar-refractivity contribution in [2.75, 3.05) is 30.4 Å². The first-order chi connectivity index (χ1) is 12.2. The number of rotatable bonds is 10. The van der Waals surface area contributed by atoms with Crippen LogP contribution >= 0.6 is 0 Å². The molecule has 0 aliphatic heterocycles. The number of carbonyl (C=O) groups excluding carboxylic acids is 1. The minimum atomic E-state index is -0.154. The van der Waals surface area contributed by atoms with Gasteiger partial charge in [0.15, 0.2) is 0 Å². The third-order valence-electron chi connectivity index (χ3n) is 3.19. The highest BCUT2D eigenvalue weighted by Crippen LogP contribution is 2.23. The van der Waals surface area contributed by atoms with Gasteiger partial charge in [-0.25, -0.2) is 0 Å². The molecule has 25 heavy (non-hydrogen) atoms. The summed E-state index contributed by atoms with van der Waals surface area (Å²) in [4.78, 5) is 12.1. The van der Waals surface area contributed by atoms with Gasteiger partial charge in [0, 0.05) is 5.69 Å². The molecule has 0 bridgehead atoms. The second-order valence-corrected chi connectivity index (χ2v) is 5.12. The Morgan fingerprint density at radius 2 is 1.64 bits per heavy atom. The molecule has 1 amide bonds. The molecular formula is C20H22N2O3. The number of para-hydroxylation sites is 2. The minimum absolute atomic E-state index is 0.128. The van der Waals surface area contributed by atoms with Gasteiger partial charge in [0.2, 0.25) is 5.91 Å². The molecule has 0 unspecified atom stereocenters. The Morgan fingerprint density at radius 3 is 2.36 bits per heavy atom. The molecule has 0 atom stereocenters. The van der Waals surface area contributed by atoms with Gasteiger partial charge in [-0.3, -0.25) is 4.79 Å². The van der Waals surface area contributed by atoms with Gasteiger partial charge in [0.1, 0.15) is 24.7 Å². The summed E-state index contributed by atoms with van der Waals surface area (Å²) in [6.45, 7) is 8.21. The topological polar surface area (TPSA) is 59.6 Å². The van der Waals surface area contributed by atoms with Crippen molar-refractivity contribution in [1.29, 1.82) is 0 Å². The maximum absolute atomic E-state index is 12.1. The molecule has 0 fully saturated rings. The SMILES string of the molecule is C=CCOc1ccc(NC(=O)CNc2ccccc2OCC=C)cc1. The van der Waals surface area contributed by atoms with Crippen molar-refractivity contribution in [2.45, 2.75) is 0 Å². The van der Waals surface area contributed by atoms with Crippen molar-refractivity contribution in [3.63, 3.8) is 0 Å². The van der Waals surface area contributed by atoms with E-state index in [2.05, 4.69) is 23.8 Å². The number of hydrogen-bond donors (Lipinski definition) is 2. The molecule has 0 radical (unpaired) electrons. The highest BCUT2D eigenvalue weighted by atomic mass is 16.5. The summed E-state index contributed by atoms with van der Waals surface area (Å²) in [5, 5.41) is 5.90. The largest absolute Gasteiger partial charge is 0.490 e. The van der Waals surface area contributed by atoms with Crippen molar-refractivity contribution in [1.82, 2.24) is 0 Å². The van der Waals surface area contributed by atoms with E-state index in [0.717, 1.165) is 11.4 Å². The van der Waals surface area contributed by atoms with Crippen molar-refractivity contribution in [3.8, 4) is 11.5 Å². The van der Waals surface area contributed by atoms with Crippen LogP contribution in [-0.2, 0) is 4.79 Å². The molecule has 0 spiro atoms. The lowest BCUT2D eigenvalue weighted by molar-refractivity contribution is -0.114. The van der Waals surface area contributed by atoms with E-state index in [1.165, 1.54) is 0 Å². The first-order valence-electron chi connectivity index (χ1n) is 7.93. The van der Waals surface area contributed by atoms with Crippen molar-refractivity contribution >= 4 is 17.3 Å². The smallest absolute Gasteiger partial charge is 0.243 e. The van der Waals surface area contributed by atoms with Crippen LogP contribution in [0, 0.1) is 0 Å². The van der Waals surface area contributed by atoms with Gasteiger partial charge in [-0.15, -0.1) is 0 Å². The fraction of sp³-hybridized carbons (Fsp3) is 0.150. The summed E-state index contributed by atoms with van der Waals surface area (Å²) < 4.78 is 11.0. The summed E-state index contributed by atoms with van der Waals surface area (Å²) in [6, 6.07) is 14.6. The standard InChI is InChI=1S/C20H22N2O3/c1-3-13-24-17-11-9-16(10-12-17)22-20(23)15-21-18-7-5-6-8-19(18)25-14-4-2/h3-12,21H,1-2,13-15H2,(H,22,23). The molecule has 0 saturated carbocycles. The van der Waals surface area contributed by atoms with Crippen LogP contribution in [0.4, 0.5) is 11.4 Å². The highest BCUT2D eigenvalue weighted by molar-refractivity contribution is 5.94. The second kappa shape index (κ2) is 9.82. The number of amides is 1. The Morgan fingerprint density at radius 1 is 0.960 bits per heavy atom. The molecule has 0 aliphatic carbocycles. The predicted octanol–water partition coefficient (Wildman–Crippen LogP) is 3.87. The Hall–Kier alpha value is -3.21. The van der Waals surface area contributed by atoms with Crippen LogP contribution in [0.5, 0.6) is 11.5 Å². The van der Waals surface area contributed by atoms with E-state index in [1.807, 2.05) is 24.3 Å². The van der Waals surface area contributed by atoms with E-state index in [0.29, 0.717) is 24.7 Å². The van der Waals surface area contributed by atoms with Gasteiger partial charge in [0.25, 0.3) is 0 Å². The zero-order valence-electron chi connectivity index (χ0n) is 14.0. The molecule has 5 heteroatoms. The van der Waals surface area contributed by atoms with Crippen molar-refractivity contribution in [3.05, 3.63) is 73.8 Å². The number of ether oxygens (including phenoxy) is 2. The molecule has 2 rings (SSSR count). The summed E-state index contributed by atoms with van der Waals surface area (Å²) >= 11 is 0. The van der Waals surface area contributed by atoms with Crippen LogP contribution in [0.25, 0.3) is 0 Å². The monoisotopic (exact) mass is 338 g/mol. The molecule has 0 aromatic heterocycles. The average Bonchev–Trinajstić information content (AvgIpc) is 2.65. The van der Waals surface area contributed by atoms with E-state index in [4.69, 9.17) is 9.47 Å². The van der Waals surface area contributed by atoms with Crippen molar-refractivity contribution < 1.29 is 14.3 Å². The Balaban J connectivity index is 1.86. The number of nitrogens with one attached hydrogen (secondary N) is 2. The lowest BCUT2D eigenvalue weighted by Gasteiger charge is -2.12. The lowest BCUT2D eigenvalue weighted by atomic mass is 10.3. The number of benzene rings is 2. The molecule has 0 saturated heterocycles. The normalized spacial score (nSPS) is 9.76. The molecule has 2 N–H and O–H groups in total. The van der Waals surface area contributed by atoms with Gasteiger partial charge in [-0.2, -0.15) is 0 Å². The molecule has 0 heterocycles. The van der Waals surface area contributed by atoms with E-state index >= 15 is 0 Å². The van der Waals surface area contributed by atoms with E-state index in [-0.39, 0.29) is 12.5 Å². The van der Waals surface area contributed by atoms with Gasteiger partial charge in [-0.05, 0) is 36.4 Å². The number of carbonyl (C=O) groups is 1. The van der Waals surface area contributed by atoms with Crippen LogP contribution in [0.3, 0.4) is 0 Å². The van der Waals surface area contributed by atoms with Crippen LogP contribution in [-0.4, -0.2) is 25.7 Å². The number of anilines is 2. The molecular weight excluding hydrogens is 316 g/mol. The number of hydrogen-bond acceptors (Lipinski definition) is 4. The maximum atomic E-state index is 12.1. The summed E-state index contributed by atoms with van der Waals surface area (Å²) in [5.41, 5.74) is 1.46. The summed E-state index contributed by atoms with van der Waals surface area (Å²) in [7, 11) is 0. The maximum Gasteiger partial charge on any atom is 0.243 e. The van der Waals surface area contributed by atoms with Gasteiger partial charge >= 0.3 is 0 Å². The fourth-order valence-electron chi connectivity index (χ4n) is 2.06. The zero-order valence-corrected chi connectivity index (χ0v) is 14.0. The minimum Gasteiger partial charge on any atom is -0.490 e. The Kier molecular flexibility index (Phi) is 7.13. The Bertz CT molecular complexity index is 711. The van der Waals surface area contributed by atoms with Crippen molar-refractivity contribution in [2.24, 2.45) is 0 Å². The first-order valence-corrected chi connectivity index (χ1v) is 7.93. The van der Waals surface area contributed by atoms with Crippen LogP contribution < -0.4 is 20.1 Å². The third kappa shape index (κ3) is 6.06. The predicted molar refractivity (Wildman–Crippen MR) is 101 cm³/mol. The average molecular weight is 338 g/mol. The van der Waals surface area contributed by atoms with E-state index < -0.39 is 0 Å². The summed E-state index contributed by atoms with van der Waals surface area (Å²) in [5.74, 6) is 1.25.